The average Bonchev–Trinajstić information content (AvgIpc) is 2.83. The van der Waals surface area contributed by atoms with Crippen molar-refractivity contribution >= 4 is 39.8 Å². The molecule has 20 heavy (non-hydrogen) atoms. The summed E-state index contributed by atoms with van der Waals surface area (Å²) in [6, 6.07) is 5.79. The molecular formula is C11H10F2N4OS2. The normalized spacial score (nSPS) is 10.8. The van der Waals surface area contributed by atoms with Crippen molar-refractivity contribution in [3.63, 3.8) is 0 Å². The third-order valence-corrected chi connectivity index (χ3v) is 4.10. The van der Waals surface area contributed by atoms with Crippen LogP contribution in [0.4, 0.5) is 19.6 Å². The maximum absolute atomic E-state index is 12.7. The summed E-state index contributed by atoms with van der Waals surface area (Å²) in [7, 11) is 0. The molecule has 3 N–H and O–H groups in total. The predicted octanol–water partition coefficient (Wildman–Crippen LogP) is 2.79. The highest BCUT2D eigenvalue weighted by molar-refractivity contribution is 8.01. The van der Waals surface area contributed by atoms with Crippen LogP contribution in [0.1, 0.15) is 12.0 Å². The van der Waals surface area contributed by atoms with Crippen LogP contribution in [0.3, 0.4) is 0 Å². The monoisotopic (exact) mass is 316 g/mol. The van der Waals surface area contributed by atoms with Gasteiger partial charge >= 0.3 is 0 Å². The molecule has 0 atom stereocenters. The molecule has 0 saturated heterocycles. The molecule has 1 aromatic carbocycles. The van der Waals surface area contributed by atoms with Crippen LogP contribution in [0.2, 0.25) is 0 Å². The number of para-hydroxylation sites is 1. The lowest BCUT2D eigenvalue weighted by Crippen LogP contribution is -2.15. The van der Waals surface area contributed by atoms with Crippen LogP contribution in [0.5, 0.6) is 0 Å². The molecule has 1 heterocycles. The minimum Gasteiger partial charge on any atom is -0.374 e. The summed E-state index contributed by atoms with van der Waals surface area (Å²) in [5, 5.41) is 10.1. The zero-order valence-corrected chi connectivity index (χ0v) is 11.7. The van der Waals surface area contributed by atoms with Crippen molar-refractivity contribution in [1.82, 2.24) is 10.2 Å². The Morgan fingerprint density at radius 3 is 2.80 bits per heavy atom. The summed E-state index contributed by atoms with van der Waals surface area (Å²) in [5.74, 6) is -0.344. The number of hydrogen-bond acceptors (Lipinski definition) is 6. The largest absolute Gasteiger partial charge is 0.374 e. The third kappa shape index (κ3) is 3.87. The Morgan fingerprint density at radius 1 is 1.40 bits per heavy atom. The van der Waals surface area contributed by atoms with Crippen LogP contribution in [0.15, 0.2) is 28.6 Å². The van der Waals surface area contributed by atoms with Crippen LogP contribution >= 0.6 is 23.1 Å². The fourth-order valence-corrected chi connectivity index (χ4v) is 2.83. The van der Waals surface area contributed by atoms with Gasteiger partial charge < -0.3 is 11.1 Å². The fraction of sp³-hybridized carbons (Fsp3) is 0.182. The van der Waals surface area contributed by atoms with Crippen molar-refractivity contribution in [2.45, 2.75) is 10.8 Å². The molecule has 9 heteroatoms. The number of benzene rings is 1. The van der Waals surface area contributed by atoms with E-state index in [2.05, 4.69) is 15.5 Å². The second-order valence-corrected chi connectivity index (χ2v) is 5.86. The smallest absolute Gasteiger partial charge is 0.265 e. The number of nitrogens with zero attached hydrogens (tertiary/aromatic N) is 2. The van der Waals surface area contributed by atoms with Crippen LogP contribution < -0.4 is 11.1 Å². The lowest BCUT2D eigenvalue weighted by Gasteiger charge is -2.09. The van der Waals surface area contributed by atoms with Crippen LogP contribution in [-0.4, -0.2) is 21.9 Å². The Bertz CT molecular complexity index is 606. The maximum atomic E-state index is 12.7. The summed E-state index contributed by atoms with van der Waals surface area (Å²) in [4.78, 5) is 11.7. The number of aromatic nitrogens is 2. The highest BCUT2D eigenvalue weighted by atomic mass is 32.2. The van der Waals surface area contributed by atoms with E-state index in [0.717, 1.165) is 23.1 Å². The fourth-order valence-electron chi connectivity index (χ4n) is 1.39. The van der Waals surface area contributed by atoms with Crippen molar-refractivity contribution < 1.29 is 13.6 Å². The number of halogens is 2. The van der Waals surface area contributed by atoms with Crippen molar-refractivity contribution in [3.8, 4) is 0 Å². The van der Waals surface area contributed by atoms with E-state index in [0.29, 0.717) is 9.47 Å². The first-order chi connectivity index (χ1) is 9.56. The number of alkyl halides is 2. The molecule has 2 rings (SSSR count). The number of nitrogen functional groups attached to an aromatic ring is 1. The molecule has 0 fully saturated rings. The first-order valence-corrected chi connectivity index (χ1v) is 7.25. The van der Waals surface area contributed by atoms with Gasteiger partial charge in [-0.05, 0) is 6.07 Å². The number of thioether (sulfide) groups is 1. The second-order valence-electron chi connectivity index (χ2n) is 3.63. The summed E-state index contributed by atoms with van der Waals surface area (Å²) < 4.78 is 26.0. The van der Waals surface area contributed by atoms with Gasteiger partial charge in [-0.25, -0.2) is 8.78 Å². The van der Waals surface area contributed by atoms with Crippen LogP contribution in [0.25, 0.3) is 0 Å². The Hall–Kier alpha value is -1.74. The molecule has 1 amide bonds. The van der Waals surface area contributed by atoms with Crippen molar-refractivity contribution in [2.24, 2.45) is 0 Å². The van der Waals surface area contributed by atoms with Gasteiger partial charge in [-0.15, -0.1) is 10.2 Å². The zero-order chi connectivity index (χ0) is 14.5. The summed E-state index contributed by atoms with van der Waals surface area (Å²) >= 11 is 2.31. The van der Waals surface area contributed by atoms with Crippen LogP contribution in [-0.2, 0) is 4.79 Å². The number of amides is 1. The molecule has 0 aliphatic rings. The number of hydrogen-bond donors (Lipinski definition) is 2. The molecule has 1 aromatic heterocycles. The van der Waals surface area contributed by atoms with Gasteiger partial charge in [-0.2, -0.15) is 0 Å². The predicted molar refractivity (Wildman–Crippen MR) is 75.1 cm³/mol. The molecule has 2 aromatic rings. The number of anilines is 2. The van der Waals surface area contributed by atoms with E-state index in [9.17, 15) is 13.6 Å². The molecule has 0 radical (unpaired) electrons. The standard InChI is InChI=1S/C11H10F2N4OS2/c12-9(13)6-3-1-2-4-7(6)15-8(18)5-19-11-17-16-10(14)20-11/h1-4,9H,5H2,(H2,14,16)(H,15,18). The third-order valence-electron chi connectivity index (χ3n) is 2.22. The van der Waals surface area contributed by atoms with Gasteiger partial charge in [0.15, 0.2) is 4.34 Å². The first kappa shape index (κ1) is 14.7. The quantitative estimate of drug-likeness (QED) is 0.829. The van der Waals surface area contributed by atoms with Gasteiger partial charge in [0.05, 0.1) is 5.75 Å². The van der Waals surface area contributed by atoms with Gasteiger partial charge in [0, 0.05) is 11.3 Å². The molecule has 0 saturated carbocycles. The highest BCUT2D eigenvalue weighted by Crippen LogP contribution is 2.27. The SMILES string of the molecule is Nc1nnc(SCC(=O)Nc2ccccc2C(F)F)s1. The number of carbonyl (C=O) groups excluding carboxylic acids is 1. The maximum Gasteiger partial charge on any atom is 0.265 e. The Morgan fingerprint density at radius 2 is 2.15 bits per heavy atom. The summed E-state index contributed by atoms with van der Waals surface area (Å²) in [6.07, 6.45) is -2.64. The molecule has 5 nitrogen and oxygen atoms in total. The summed E-state index contributed by atoms with van der Waals surface area (Å²) in [6.45, 7) is 0. The number of rotatable bonds is 5. The Labute approximate surface area is 121 Å². The first-order valence-electron chi connectivity index (χ1n) is 5.45. The van der Waals surface area contributed by atoms with E-state index in [4.69, 9.17) is 5.73 Å². The average molecular weight is 316 g/mol. The van der Waals surface area contributed by atoms with Gasteiger partial charge in [0.2, 0.25) is 11.0 Å². The van der Waals surface area contributed by atoms with E-state index < -0.39 is 12.3 Å². The van der Waals surface area contributed by atoms with E-state index in [1.807, 2.05) is 0 Å². The molecular weight excluding hydrogens is 306 g/mol. The highest BCUT2D eigenvalue weighted by Gasteiger charge is 2.14. The molecule has 0 unspecified atom stereocenters. The van der Waals surface area contributed by atoms with Gasteiger partial charge in [-0.1, -0.05) is 41.3 Å². The van der Waals surface area contributed by atoms with E-state index in [-0.39, 0.29) is 17.0 Å². The van der Waals surface area contributed by atoms with Gasteiger partial charge in [-0.3, -0.25) is 4.79 Å². The minimum absolute atomic E-state index is 0.0478. The molecule has 0 aliphatic carbocycles. The minimum atomic E-state index is -2.64. The molecule has 0 aliphatic heterocycles. The zero-order valence-electron chi connectivity index (χ0n) is 10.0. The molecule has 106 valence electrons. The van der Waals surface area contributed by atoms with E-state index >= 15 is 0 Å². The lowest BCUT2D eigenvalue weighted by molar-refractivity contribution is -0.113. The number of carbonyl (C=O) groups is 1. The second kappa shape index (κ2) is 6.62. The lowest BCUT2D eigenvalue weighted by atomic mass is 10.2. The molecule has 0 bridgehead atoms. The van der Waals surface area contributed by atoms with E-state index in [1.54, 1.807) is 6.07 Å². The van der Waals surface area contributed by atoms with Crippen molar-refractivity contribution in [1.29, 1.82) is 0 Å². The van der Waals surface area contributed by atoms with Crippen molar-refractivity contribution in [3.05, 3.63) is 29.8 Å². The van der Waals surface area contributed by atoms with Crippen molar-refractivity contribution in [2.75, 3.05) is 16.8 Å². The van der Waals surface area contributed by atoms with Gasteiger partial charge in [0.25, 0.3) is 6.43 Å². The number of nitrogens with two attached hydrogens (primary N) is 1. The Balaban J connectivity index is 1.94. The van der Waals surface area contributed by atoms with Gasteiger partial charge in [0.1, 0.15) is 0 Å². The topological polar surface area (TPSA) is 80.9 Å². The van der Waals surface area contributed by atoms with Crippen LogP contribution in [0, 0.1) is 0 Å². The Kier molecular flexibility index (Phi) is 4.85. The molecule has 0 spiro atoms. The number of nitrogens with one attached hydrogen (secondary N) is 1. The summed E-state index contributed by atoms with van der Waals surface area (Å²) in [5.41, 5.74) is 5.32. The van der Waals surface area contributed by atoms with E-state index in [1.165, 1.54) is 18.2 Å².